The van der Waals surface area contributed by atoms with Crippen LogP contribution in [-0.4, -0.2) is 35.2 Å². The molecule has 104 valence electrons. The van der Waals surface area contributed by atoms with E-state index in [1.54, 1.807) is 4.90 Å². The van der Waals surface area contributed by atoms with Crippen molar-refractivity contribution in [1.29, 1.82) is 0 Å². The summed E-state index contributed by atoms with van der Waals surface area (Å²) in [5.74, 6) is -0.325. The van der Waals surface area contributed by atoms with Crippen LogP contribution in [0.15, 0.2) is 24.3 Å². The highest BCUT2D eigenvalue weighted by Crippen LogP contribution is 2.25. The number of amides is 2. The fourth-order valence-electron chi connectivity index (χ4n) is 2.12. The van der Waals surface area contributed by atoms with Crippen LogP contribution < -0.4 is 5.32 Å². The van der Waals surface area contributed by atoms with Crippen molar-refractivity contribution in [3.05, 3.63) is 30.1 Å². The van der Waals surface area contributed by atoms with Crippen molar-refractivity contribution in [1.82, 2.24) is 4.90 Å². The molecule has 19 heavy (non-hydrogen) atoms. The quantitative estimate of drug-likeness (QED) is 0.860. The molecule has 1 aromatic carbocycles. The SMILES string of the molecule is O=C(Nc1ccc(F)cc1)N(CCCO)C1CCC1. The van der Waals surface area contributed by atoms with Gasteiger partial charge in [0.1, 0.15) is 5.82 Å². The third kappa shape index (κ3) is 3.67. The maximum absolute atomic E-state index is 12.8. The molecule has 1 aromatic rings. The van der Waals surface area contributed by atoms with Crippen molar-refractivity contribution in [2.45, 2.75) is 31.7 Å². The summed E-state index contributed by atoms with van der Waals surface area (Å²) in [6, 6.07) is 5.81. The van der Waals surface area contributed by atoms with Gasteiger partial charge in [-0.15, -0.1) is 0 Å². The Morgan fingerprint density at radius 3 is 2.58 bits per heavy atom. The van der Waals surface area contributed by atoms with E-state index in [1.165, 1.54) is 24.3 Å². The second-order valence-electron chi connectivity index (χ2n) is 4.79. The molecule has 0 aromatic heterocycles. The number of carbonyl (C=O) groups excluding carboxylic acids is 1. The topological polar surface area (TPSA) is 52.6 Å². The van der Waals surface area contributed by atoms with Gasteiger partial charge in [0.2, 0.25) is 0 Å². The van der Waals surface area contributed by atoms with Crippen LogP contribution in [0.4, 0.5) is 14.9 Å². The van der Waals surface area contributed by atoms with Gasteiger partial charge in [0.25, 0.3) is 0 Å². The minimum Gasteiger partial charge on any atom is -0.396 e. The number of hydrogen-bond donors (Lipinski definition) is 2. The minimum absolute atomic E-state index is 0.0764. The van der Waals surface area contributed by atoms with Crippen LogP contribution >= 0.6 is 0 Å². The van der Waals surface area contributed by atoms with Gasteiger partial charge in [-0.1, -0.05) is 0 Å². The van der Waals surface area contributed by atoms with Gasteiger partial charge in [-0.3, -0.25) is 0 Å². The Morgan fingerprint density at radius 1 is 1.37 bits per heavy atom. The summed E-state index contributed by atoms with van der Waals surface area (Å²) in [7, 11) is 0. The summed E-state index contributed by atoms with van der Waals surface area (Å²) in [5.41, 5.74) is 0.583. The van der Waals surface area contributed by atoms with Gasteiger partial charge < -0.3 is 15.3 Å². The van der Waals surface area contributed by atoms with E-state index >= 15 is 0 Å². The molecule has 2 rings (SSSR count). The molecule has 0 bridgehead atoms. The average Bonchev–Trinajstić information content (AvgIpc) is 2.34. The number of anilines is 1. The largest absolute Gasteiger partial charge is 0.396 e. The van der Waals surface area contributed by atoms with Gasteiger partial charge in [0.05, 0.1) is 0 Å². The lowest BCUT2D eigenvalue weighted by Gasteiger charge is -2.37. The lowest BCUT2D eigenvalue weighted by Crippen LogP contribution is -2.46. The molecule has 0 heterocycles. The molecule has 0 unspecified atom stereocenters. The van der Waals surface area contributed by atoms with Crippen molar-refractivity contribution in [3.63, 3.8) is 0 Å². The number of benzene rings is 1. The summed E-state index contributed by atoms with van der Waals surface area (Å²) in [6.45, 7) is 0.626. The Balaban J connectivity index is 1.96. The van der Waals surface area contributed by atoms with E-state index in [0.29, 0.717) is 18.7 Å². The van der Waals surface area contributed by atoms with E-state index in [9.17, 15) is 9.18 Å². The Hall–Kier alpha value is -1.62. The number of halogens is 1. The number of carbonyl (C=O) groups is 1. The lowest BCUT2D eigenvalue weighted by atomic mass is 9.91. The molecule has 4 nitrogen and oxygen atoms in total. The van der Waals surface area contributed by atoms with E-state index in [4.69, 9.17) is 5.11 Å². The Bertz CT molecular complexity index is 418. The number of nitrogens with zero attached hydrogens (tertiary/aromatic N) is 1. The number of aliphatic hydroxyl groups excluding tert-OH is 1. The zero-order valence-electron chi connectivity index (χ0n) is 10.8. The predicted molar refractivity (Wildman–Crippen MR) is 71.5 cm³/mol. The molecule has 0 radical (unpaired) electrons. The van der Waals surface area contributed by atoms with Crippen LogP contribution in [-0.2, 0) is 0 Å². The molecular weight excluding hydrogens is 247 g/mol. The summed E-state index contributed by atoms with van der Waals surface area (Å²) in [5, 5.41) is 11.7. The molecule has 2 amide bonds. The second-order valence-corrected chi connectivity index (χ2v) is 4.79. The van der Waals surface area contributed by atoms with Crippen LogP contribution in [0, 0.1) is 5.82 Å². The fraction of sp³-hybridized carbons (Fsp3) is 0.500. The average molecular weight is 266 g/mol. The maximum atomic E-state index is 12.8. The molecule has 1 aliphatic rings. The molecule has 1 saturated carbocycles. The summed E-state index contributed by atoms with van der Waals surface area (Å²) < 4.78 is 12.8. The first kappa shape index (κ1) is 13.8. The third-order valence-electron chi connectivity index (χ3n) is 3.43. The van der Waals surface area contributed by atoms with E-state index in [1.807, 2.05) is 0 Å². The fourth-order valence-corrected chi connectivity index (χ4v) is 2.12. The van der Waals surface area contributed by atoms with Crippen molar-refractivity contribution < 1.29 is 14.3 Å². The van der Waals surface area contributed by atoms with E-state index in [2.05, 4.69) is 5.32 Å². The van der Waals surface area contributed by atoms with Crippen LogP contribution in [0.3, 0.4) is 0 Å². The smallest absolute Gasteiger partial charge is 0.322 e. The first-order valence-electron chi connectivity index (χ1n) is 6.65. The second kappa shape index (κ2) is 6.52. The Kier molecular flexibility index (Phi) is 4.74. The molecule has 5 heteroatoms. The first-order valence-corrected chi connectivity index (χ1v) is 6.65. The number of rotatable bonds is 5. The molecule has 0 atom stereocenters. The van der Waals surface area contributed by atoms with Crippen molar-refractivity contribution in [2.75, 3.05) is 18.5 Å². The predicted octanol–water partition coefficient (Wildman–Crippen LogP) is 2.59. The van der Waals surface area contributed by atoms with Gasteiger partial charge in [0.15, 0.2) is 0 Å². The highest BCUT2D eigenvalue weighted by atomic mass is 19.1. The Labute approximate surface area is 112 Å². The van der Waals surface area contributed by atoms with Crippen molar-refractivity contribution in [2.24, 2.45) is 0 Å². The maximum Gasteiger partial charge on any atom is 0.322 e. The van der Waals surface area contributed by atoms with Crippen molar-refractivity contribution >= 4 is 11.7 Å². The van der Waals surface area contributed by atoms with Crippen LogP contribution in [0.5, 0.6) is 0 Å². The number of nitrogens with one attached hydrogen (secondary N) is 1. The van der Waals surface area contributed by atoms with E-state index in [-0.39, 0.29) is 24.5 Å². The van der Waals surface area contributed by atoms with Crippen molar-refractivity contribution in [3.8, 4) is 0 Å². The van der Waals surface area contributed by atoms with Gasteiger partial charge in [-0.25, -0.2) is 9.18 Å². The standard InChI is InChI=1S/C14H19FN2O2/c15-11-5-7-12(8-6-11)16-14(19)17(9-2-10-18)13-3-1-4-13/h5-8,13,18H,1-4,9-10H2,(H,16,19). The number of hydrogen-bond acceptors (Lipinski definition) is 2. The first-order chi connectivity index (χ1) is 9.20. The van der Waals surface area contributed by atoms with Gasteiger partial charge in [0, 0.05) is 24.9 Å². The molecule has 1 fully saturated rings. The molecule has 2 N–H and O–H groups in total. The number of aliphatic hydroxyl groups is 1. The van der Waals surface area contributed by atoms with Crippen LogP contribution in [0.25, 0.3) is 0 Å². The summed E-state index contributed by atoms with van der Waals surface area (Å²) in [6.07, 6.45) is 3.75. The summed E-state index contributed by atoms with van der Waals surface area (Å²) >= 11 is 0. The Morgan fingerprint density at radius 2 is 2.05 bits per heavy atom. The van der Waals surface area contributed by atoms with Gasteiger partial charge in [-0.2, -0.15) is 0 Å². The highest BCUT2D eigenvalue weighted by molar-refractivity contribution is 5.89. The molecule has 0 spiro atoms. The zero-order chi connectivity index (χ0) is 13.7. The molecule has 0 saturated heterocycles. The van der Waals surface area contributed by atoms with Crippen LogP contribution in [0.2, 0.25) is 0 Å². The third-order valence-corrected chi connectivity index (χ3v) is 3.43. The zero-order valence-corrected chi connectivity index (χ0v) is 10.8. The van der Waals surface area contributed by atoms with Crippen LogP contribution in [0.1, 0.15) is 25.7 Å². The van der Waals surface area contributed by atoms with E-state index in [0.717, 1.165) is 19.3 Å². The van der Waals surface area contributed by atoms with Gasteiger partial charge in [-0.05, 0) is 49.9 Å². The normalized spacial score (nSPS) is 14.8. The van der Waals surface area contributed by atoms with E-state index < -0.39 is 0 Å². The molecular formula is C14H19FN2O2. The summed E-state index contributed by atoms with van der Waals surface area (Å²) in [4.78, 5) is 13.9. The molecule has 0 aliphatic heterocycles. The van der Waals surface area contributed by atoms with Gasteiger partial charge >= 0.3 is 6.03 Å². The number of urea groups is 1. The minimum atomic E-state index is -0.325. The molecule has 1 aliphatic carbocycles. The monoisotopic (exact) mass is 266 g/mol. The lowest BCUT2D eigenvalue weighted by molar-refractivity contribution is 0.140. The highest BCUT2D eigenvalue weighted by Gasteiger charge is 2.28.